The third-order valence-corrected chi connectivity index (χ3v) is 7.16. The molecule has 2 aromatic carbocycles. The van der Waals surface area contributed by atoms with Crippen LogP contribution in [-0.2, 0) is 14.3 Å². The first kappa shape index (κ1) is 24.7. The molecule has 2 aromatic rings. The summed E-state index contributed by atoms with van der Waals surface area (Å²) in [7, 11) is 0. The van der Waals surface area contributed by atoms with Gasteiger partial charge in [0.1, 0.15) is 12.1 Å². The Bertz CT molecular complexity index is 1050. The Balaban J connectivity index is 1.25. The number of carbonyl (C=O) groups is 3. The van der Waals surface area contributed by atoms with Gasteiger partial charge in [-0.3, -0.25) is 4.79 Å². The lowest BCUT2D eigenvalue weighted by Crippen LogP contribution is -2.56. The molecule has 8 nitrogen and oxygen atoms in total. The number of rotatable bonds is 8. The number of alkyl carbamates (subject to hydrolysis) is 1. The fourth-order valence-corrected chi connectivity index (χ4v) is 5.10. The summed E-state index contributed by atoms with van der Waals surface area (Å²) >= 11 is 0. The van der Waals surface area contributed by atoms with Crippen LogP contribution in [0.5, 0.6) is 0 Å². The van der Waals surface area contributed by atoms with Gasteiger partial charge in [-0.1, -0.05) is 55.5 Å². The maximum atomic E-state index is 12.4. The number of hydrogen-bond acceptors (Lipinski definition) is 5. The third kappa shape index (κ3) is 5.48. The zero-order valence-electron chi connectivity index (χ0n) is 19.8. The molecule has 4 N–H and O–H groups in total. The van der Waals surface area contributed by atoms with Gasteiger partial charge in [-0.15, -0.1) is 0 Å². The van der Waals surface area contributed by atoms with E-state index in [2.05, 4.69) is 29.7 Å². The average Bonchev–Trinajstić information content (AvgIpc) is 3.16. The highest BCUT2D eigenvalue weighted by atomic mass is 16.5. The molecule has 4 rings (SSSR count). The number of carbonyl (C=O) groups excluding carboxylic acids is 2. The standard InChI is InChI=1S/C27H32N2O6/c1-17-10-12-27(13-11-17,25(32)33)29-24(31)14-18(30)15-28-26(34)35-16-23-21-8-4-2-6-19(21)20-7-3-5-9-22(20)23/h2-9,17-18,23,30H,10-16H2,1H3,(H,28,34)(H,29,31)(H,32,33). The van der Waals surface area contributed by atoms with Crippen LogP contribution >= 0.6 is 0 Å². The number of carboxylic acid groups (broad SMARTS) is 1. The van der Waals surface area contributed by atoms with E-state index in [0.29, 0.717) is 18.8 Å². The Morgan fingerprint density at radius 3 is 2.17 bits per heavy atom. The SMILES string of the molecule is CC1CCC(NC(=O)CC(O)CNC(=O)OCC2c3ccccc3-c3ccccc32)(C(=O)O)CC1. The van der Waals surface area contributed by atoms with Gasteiger partial charge >= 0.3 is 12.1 Å². The fourth-order valence-electron chi connectivity index (χ4n) is 5.10. The van der Waals surface area contributed by atoms with E-state index < -0.39 is 29.6 Å². The third-order valence-electron chi connectivity index (χ3n) is 7.16. The Morgan fingerprint density at radius 1 is 1.03 bits per heavy atom. The molecule has 1 saturated carbocycles. The monoisotopic (exact) mass is 480 g/mol. The van der Waals surface area contributed by atoms with E-state index in [1.54, 1.807) is 0 Å². The zero-order valence-corrected chi connectivity index (χ0v) is 19.8. The van der Waals surface area contributed by atoms with E-state index in [9.17, 15) is 24.6 Å². The number of ether oxygens (including phenoxy) is 1. The van der Waals surface area contributed by atoms with Gasteiger partial charge in [-0.05, 0) is 53.9 Å². The van der Waals surface area contributed by atoms with Crippen molar-refractivity contribution >= 4 is 18.0 Å². The molecular formula is C27H32N2O6. The van der Waals surface area contributed by atoms with Crippen molar-refractivity contribution in [3.05, 3.63) is 59.7 Å². The van der Waals surface area contributed by atoms with Gasteiger partial charge in [-0.2, -0.15) is 0 Å². The lowest BCUT2D eigenvalue weighted by Gasteiger charge is -2.36. The van der Waals surface area contributed by atoms with E-state index in [4.69, 9.17) is 4.74 Å². The molecule has 1 fully saturated rings. The van der Waals surface area contributed by atoms with E-state index in [1.165, 1.54) is 0 Å². The summed E-state index contributed by atoms with van der Waals surface area (Å²) < 4.78 is 5.43. The molecule has 0 saturated heterocycles. The summed E-state index contributed by atoms with van der Waals surface area (Å²) in [6, 6.07) is 16.0. The summed E-state index contributed by atoms with van der Waals surface area (Å²) in [5, 5.41) is 25.0. The van der Waals surface area contributed by atoms with E-state index in [0.717, 1.165) is 35.1 Å². The molecule has 0 aliphatic heterocycles. The maximum absolute atomic E-state index is 12.4. The van der Waals surface area contributed by atoms with E-state index in [-0.39, 0.29) is 25.5 Å². The normalized spacial score (nSPS) is 21.9. The largest absolute Gasteiger partial charge is 0.480 e. The van der Waals surface area contributed by atoms with Gasteiger partial charge < -0.3 is 25.6 Å². The Labute approximate surface area is 204 Å². The van der Waals surface area contributed by atoms with Crippen LogP contribution in [-0.4, -0.2) is 53.0 Å². The Hall–Kier alpha value is -3.39. The van der Waals surface area contributed by atoms with Crippen LogP contribution in [0.25, 0.3) is 11.1 Å². The predicted molar refractivity (Wildman–Crippen MR) is 130 cm³/mol. The highest BCUT2D eigenvalue weighted by Gasteiger charge is 2.42. The summed E-state index contributed by atoms with van der Waals surface area (Å²) in [6.45, 7) is 2.03. The minimum Gasteiger partial charge on any atom is -0.480 e. The van der Waals surface area contributed by atoms with Crippen molar-refractivity contribution in [2.75, 3.05) is 13.2 Å². The number of aliphatic hydroxyl groups is 1. The molecule has 0 aromatic heterocycles. The van der Waals surface area contributed by atoms with Gasteiger partial charge in [0.05, 0.1) is 12.5 Å². The van der Waals surface area contributed by atoms with Gasteiger partial charge in [0.2, 0.25) is 5.91 Å². The smallest absolute Gasteiger partial charge is 0.407 e. The number of amides is 2. The molecule has 2 amide bonds. The number of hydrogen-bond donors (Lipinski definition) is 4. The fraction of sp³-hybridized carbons (Fsp3) is 0.444. The number of nitrogens with one attached hydrogen (secondary N) is 2. The van der Waals surface area contributed by atoms with Crippen LogP contribution in [0.4, 0.5) is 4.79 Å². The van der Waals surface area contributed by atoms with Crippen LogP contribution < -0.4 is 10.6 Å². The minimum atomic E-state index is -1.29. The van der Waals surface area contributed by atoms with E-state index in [1.807, 2.05) is 36.4 Å². The highest BCUT2D eigenvalue weighted by molar-refractivity contribution is 5.87. The van der Waals surface area contributed by atoms with Crippen molar-refractivity contribution in [3.8, 4) is 11.1 Å². The van der Waals surface area contributed by atoms with Crippen LogP contribution in [0.3, 0.4) is 0 Å². The first-order chi connectivity index (χ1) is 16.8. The zero-order chi connectivity index (χ0) is 25.0. The molecule has 2 aliphatic carbocycles. The predicted octanol–water partition coefficient (Wildman–Crippen LogP) is 3.43. The molecule has 0 spiro atoms. The molecule has 0 radical (unpaired) electrons. The number of aliphatic carboxylic acids is 1. The lowest BCUT2D eigenvalue weighted by atomic mass is 9.77. The van der Waals surface area contributed by atoms with Crippen LogP contribution in [0.2, 0.25) is 0 Å². The van der Waals surface area contributed by atoms with Crippen molar-refractivity contribution in [2.24, 2.45) is 5.92 Å². The van der Waals surface area contributed by atoms with Gasteiger partial charge in [0.15, 0.2) is 0 Å². The molecule has 0 bridgehead atoms. The van der Waals surface area contributed by atoms with Crippen LogP contribution in [0.1, 0.15) is 56.1 Å². The summed E-state index contributed by atoms with van der Waals surface area (Å²) in [5.74, 6) is -1.26. The number of aliphatic hydroxyl groups excluding tert-OH is 1. The Morgan fingerprint density at radius 2 is 1.60 bits per heavy atom. The van der Waals surface area contributed by atoms with Crippen molar-refractivity contribution < 1.29 is 29.3 Å². The van der Waals surface area contributed by atoms with Crippen molar-refractivity contribution in [3.63, 3.8) is 0 Å². The second kappa shape index (κ2) is 10.5. The van der Waals surface area contributed by atoms with Gasteiger partial charge in [-0.25, -0.2) is 9.59 Å². The Kier molecular flexibility index (Phi) is 7.40. The van der Waals surface area contributed by atoms with Crippen LogP contribution in [0, 0.1) is 5.92 Å². The average molecular weight is 481 g/mol. The van der Waals surface area contributed by atoms with Gasteiger partial charge in [0.25, 0.3) is 0 Å². The molecule has 8 heteroatoms. The molecular weight excluding hydrogens is 448 g/mol. The van der Waals surface area contributed by atoms with Crippen LogP contribution in [0.15, 0.2) is 48.5 Å². The topological polar surface area (TPSA) is 125 Å². The lowest BCUT2D eigenvalue weighted by molar-refractivity contribution is -0.150. The minimum absolute atomic E-state index is 0.0747. The van der Waals surface area contributed by atoms with Crippen molar-refractivity contribution in [1.82, 2.24) is 10.6 Å². The number of fused-ring (bicyclic) bond motifs is 3. The number of carboxylic acids is 1. The van der Waals surface area contributed by atoms with E-state index >= 15 is 0 Å². The van der Waals surface area contributed by atoms with Crippen molar-refractivity contribution in [2.45, 2.75) is 56.6 Å². The van der Waals surface area contributed by atoms with Crippen molar-refractivity contribution in [1.29, 1.82) is 0 Å². The molecule has 0 heterocycles. The second-order valence-electron chi connectivity index (χ2n) is 9.68. The highest BCUT2D eigenvalue weighted by Crippen LogP contribution is 2.44. The maximum Gasteiger partial charge on any atom is 0.407 e. The number of benzene rings is 2. The molecule has 1 unspecified atom stereocenters. The van der Waals surface area contributed by atoms with Gasteiger partial charge in [0, 0.05) is 12.5 Å². The summed E-state index contributed by atoms with van der Waals surface area (Å²) in [5.41, 5.74) is 3.17. The first-order valence-electron chi connectivity index (χ1n) is 12.1. The summed E-state index contributed by atoms with van der Waals surface area (Å²) in [6.07, 6.45) is 0.0103. The second-order valence-corrected chi connectivity index (χ2v) is 9.68. The molecule has 35 heavy (non-hydrogen) atoms. The molecule has 2 aliphatic rings. The summed E-state index contributed by atoms with van der Waals surface area (Å²) in [4.78, 5) is 36.5. The molecule has 1 atom stereocenters. The quantitative estimate of drug-likeness (QED) is 0.459. The molecule has 186 valence electrons. The first-order valence-corrected chi connectivity index (χ1v) is 12.1.